The monoisotopic (exact) mass is 231 g/mol. The molecule has 0 aromatic rings. The van der Waals surface area contributed by atoms with Crippen molar-refractivity contribution < 1.29 is 4.79 Å². The van der Waals surface area contributed by atoms with Crippen LogP contribution < -0.4 is 0 Å². The molecular formula is C12H22ClNO. The Morgan fingerprint density at radius 1 is 1.40 bits per heavy atom. The Balaban J connectivity index is 2.46. The second-order valence-corrected chi connectivity index (χ2v) is 5.23. The SMILES string of the molecule is CC1CCC(N(C)C(=O)C(C)CCl)CC1. The molecule has 1 aliphatic carbocycles. The van der Waals surface area contributed by atoms with Gasteiger partial charge in [-0.05, 0) is 31.6 Å². The van der Waals surface area contributed by atoms with Gasteiger partial charge in [0.25, 0.3) is 0 Å². The highest BCUT2D eigenvalue weighted by Crippen LogP contribution is 2.27. The van der Waals surface area contributed by atoms with E-state index in [4.69, 9.17) is 11.6 Å². The molecule has 0 radical (unpaired) electrons. The first-order chi connectivity index (χ1) is 7.06. The van der Waals surface area contributed by atoms with Gasteiger partial charge < -0.3 is 4.90 Å². The van der Waals surface area contributed by atoms with Crippen molar-refractivity contribution in [2.45, 2.75) is 45.6 Å². The molecule has 1 amide bonds. The molecule has 0 aromatic carbocycles. The van der Waals surface area contributed by atoms with Gasteiger partial charge in [-0.15, -0.1) is 11.6 Å². The normalized spacial score (nSPS) is 28.5. The smallest absolute Gasteiger partial charge is 0.226 e. The lowest BCUT2D eigenvalue weighted by Gasteiger charge is -2.34. The number of rotatable bonds is 3. The Morgan fingerprint density at radius 2 is 1.93 bits per heavy atom. The predicted molar refractivity (Wildman–Crippen MR) is 64.1 cm³/mol. The molecule has 1 rings (SSSR count). The molecule has 1 fully saturated rings. The zero-order valence-corrected chi connectivity index (χ0v) is 10.8. The van der Waals surface area contributed by atoms with Crippen molar-refractivity contribution in [1.82, 2.24) is 4.90 Å². The van der Waals surface area contributed by atoms with Gasteiger partial charge in [-0.1, -0.05) is 13.8 Å². The number of carbonyl (C=O) groups excluding carboxylic acids is 1. The fourth-order valence-electron chi connectivity index (χ4n) is 2.22. The fourth-order valence-corrected chi connectivity index (χ4v) is 2.36. The topological polar surface area (TPSA) is 20.3 Å². The van der Waals surface area contributed by atoms with Crippen LogP contribution in [0.25, 0.3) is 0 Å². The Kier molecular flexibility index (Phi) is 4.91. The maximum absolute atomic E-state index is 11.9. The average Bonchev–Trinajstić information content (AvgIpc) is 2.27. The molecule has 3 heteroatoms. The van der Waals surface area contributed by atoms with Crippen LogP contribution in [-0.2, 0) is 4.79 Å². The van der Waals surface area contributed by atoms with Gasteiger partial charge in [0.05, 0.1) is 0 Å². The summed E-state index contributed by atoms with van der Waals surface area (Å²) >= 11 is 5.71. The third-order valence-electron chi connectivity index (χ3n) is 3.53. The third-order valence-corrected chi connectivity index (χ3v) is 4.00. The van der Waals surface area contributed by atoms with Gasteiger partial charge in [0.2, 0.25) is 5.91 Å². The standard InChI is InChI=1S/C12H22ClNO/c1-9-4-6-11(7-5-9)14(3)12(15)10(2)8-13/h9-11H,4-8H2,1-3H3. The summed E-state index contributed by atoms with van der Waals surface area (Å²) in [5.41, 5.74) is 0. The van der Waals surface area contributed by atoms with E-state index in [1.807, 2.05) is 18.9 Å². The Hall–Kier alpha value is -0.240. The van der Waals surface area contributed by atoms with E-state index >= 15 is 0 Å². The van der Waals surface area contributed by atoms with Crippen molar-refractivity contribution in [1.29, 1.82) is 0 Å². The molecular weight excluding hydrogens is 210 g/mol. The molecule has 0 saturated heterocycles. The lowest BCUT2D eigenvalue weighted by atomic mass is 9.86. The van der Waals surface area contributed by atoms with Gasteiger partial charge >= 0.3 is 0 Å². The number of nitrogens with zero attached hydrogens (tertiary/aromatic N) is 1. The van der Waals surface area contributed by atoms with Gasteiger partial charge in [-0.3, -0.25) is 4.79 Å². The lowest BCUT2D eigenvalue weighted by Crippen LogP contribution is -2.42. The lowest BCUT2D eigenvalue weighted by molar-refractivity contribution is -0.135. The van der Waals surface area contributed by atoms with Crippen molar-refractivity contribution >= 4 is 17.5 Å². The van der Waals surface area contributed by atoms with E-state index in [2.05, 4.69) is 6.92 Å². The van der Waals surface area contributed by atoms with Crippen LogP contribution in [0.2, 0.25) is 0 Å². The molecule has 0 spiro atoms. The van der Waals surface area contributed by atoms with Gasteiger partial charge in [0.1, 0.15) is 0 Å². The fraction of sp³-hybridized carbons (Fsp3) is 0.917. The van der Waals surface area contributed by atoms with Crippen molar-refractivity contribution in [2.75, 3.05) is 12.9 Å². The maximum atomic E-state index is 11.9. The Labute approximate surface area is 98.0 Å². The molecule has 0 bridgehead atoms. The van der Waals surface area contributed by atoms with E-state index < -0.39 is 0 Å². The van der Waals surface area contributed by atoms with Crippen molar-refractivity contribution in [3.63, 3.8) is 0 Å². The summed E-state index contributed by atoms with van der Waals surface area (Å²) in [4.78, 5) is 13.8. The molecule has 1 atom stereocenters. The van der Waals surface area contributed by atoms with Crippen LogP contribution in [0.5, 0.6) is 0 Å². The van der Waals surface area contributed by atoms with Crippen LogP contribution in [0.3, 0.4) is 0 Å². The highest BCUT2D eigenvalue weighted by molar-refractivity contribution is 6.19. The number of hydrogen-bond acceptors (Lipinski definition) is 1. The summed E-state index contributed by atoms with van der Waals surface area (Å²) in [6.45, 7) is 4.19. The van der Waals surface area contributed by atoms with Crippen LogP contribution in [0.1, 0.15) is 39.5 Å². The van der Waals surface area contributed by atoms with E-state index in [0.717, 1.165) is 18.8 Å². The Bertz CT molecular complexity index is 212. The largest absolute Gasteiger partial charge is 0.343 e. The van der Waals surface area contributed by atoms with Gasteiger partial charge in [-0.2, -0.15) is 0 Å². The first kappa shape index (κ1) is 12.8. The van der Waals surface area contributed by atoms with Crippen LogP contribution in [0, 0.1) is 11.8 Å². The number of amides is 1. The van der Waals surface area contributed by atoms with E-state index in [-0.39, 0.29) is 11.8 Å². The molecule has 88 valence electrons. The third kappa shape index (κ3) is 3.37. The van der Waals surface area contributed by atoms with Crippen molar-refractivity contribution in [2.24, 2.45) is 11.8 Å². The quantitative estimate of drug-likeness (QED) is 0.684. The molecule has 2 nitrogen and oxygen atoms in total. The minimum atomic E-state index is -0.0454. The molecule has 0 aliphatic heterocycles. The maximum Gasteiger partial charge on any atom is 0.226 e. The van der Waals surface area contributed by atoms with Crippen LogP contribution in [-0.4, -0.2) is 29.8 Å². The molecule has 15 heavy (non-hydrogen) atoms. The second-order valence-electron chi connectivity index (χ2n) is 4.92. The molecule has 1 unspecified atom stereocenters. The summed E-state index contributed by atoms with van der Waals surface area (Å²) in [6, 6.07) is 0.444. The van der Waals surface area contributed by atoms with E-state index in [1.165, 1.54) is 12.8 Å². The van der Waals surface area contributed by atoms with E-state index in [1.54, 1.807) is 0 Å². The summed E-state index contributed by atoms with van der Waals surface area (Å²) in [5, 5.41) is 0. The predicted octanol–water partition coefficient (Wildman–Crippen LogP) is 2.90. The highest BCUT2D eigenvalue weighted by Gasteiger charge is 2.26. The summed E-state index contributed by atoms with van der Waals surface area (Å²) in [6.07, 6.45) is 4.80. The molecule has 1 aliphatic rings. The second kappa shape index (κ2) is 5.74. The van der Waals surface area contributed by atoms with Gasteiger partial charge in [0.15, 0.2) is 0 Å². The van der Waals surface area contributed by atoms with Crippen LogP contribution in [0.15, 0.2) is 0 Å². The number of carbonyl (C=O) groups is 1. The molecule has 1 saturated carbocycles. The highest BCUT2D eigenvalue weighted by atomic mass is 35.5. The molecule has 0 N–H and O–H groups in total. The van der Waals surface area contributed by atoms with Crippen molar-refractivity contribution in [3.8, 4) is 0 Å². The molecule has 0 aromatic heterocycles. The number of hydrogen-bond donors (Lipinski definition) is 0. The minimum absolute atomic E-state index is 0.0454. The first-order valence-corrected chi connectivity index (χ1v) is 6.42. The molecule has 0 heterocycles. The summed E-state index contributed by atoms with van der Waals surface area (Å²) in [5.74, 6) is 1.41. The van der Waals surface area contributed by atoms with E-state index in [0.29, 0.717) is 11.9 Å². The number of halogens is 1. The zero-order valence-electron chi connectivity index (χ0n) is 10.0. The zero-order chi connectivity index (χ0) is 11.4. The van der Waals surface area contributed by atoms with Gasteiger partial charge in [0, 0.05) is 24.9 Å². The van der Waals surface area contributed by atoms with Crippen LogP contribution >= 0.6 is 11.6 Å². The minimum Gasteiger partial charge on any atom is -0.343 e. The Morgan fingerprint density at radius 3 is 2.40 bits per heavy atom. The number of alkyl halides is 1. The van der Waals surface area contributed by atoms with Crippen molar-refractivity contribution in [3.05, 3.63) is 0 Å². The van der Waals surface area contributed by atoms with Gasteiger partial charge in [-0.25, -0.2) is 0 Å². The first-order valence-electron chi connectivity index (χ1n) is 5.89. The average molecular weight is 232 g/mol. The van der Waals surface area contributed by atoms with Crippen LogP contribution in [0.4, 0.5) is 0 Å². The van der Waals surface area contributed by atoms with E-state index in [9.17, 15) is 4.79 Å². The summed E-state index contributed by atoms with van der Waals surface area (Å²) < 4.78 is 0. The summed E-state index contributed by atoms with van der Waals surface area (Å²) in [7, 11) is 1.92.